The molecule has 0 spiro atoms. The summed E-state index contributed by atoms with van der Waals surface area (Å²) in [6.07, 6.45) is 2.14. The van der Waals surface area contributed by atoms with Crippen molar-refractivity contribution < 1.29 is 14.1 Å². The van der Waals surface area contributed by atoms with Gasteiger partial charge in [0, 0.05) is 12.8 Å². The number of rotatable bonds is 7. The quantitative estimate of drug-likeness (QED) is 0.780. The normalized spacial score (nSPS) is 17.4. The number of nitrogens with zero attached hydrogens (tertiary/aromatic N) is 3. The predicted molar refractivity (Wildman–Crippen MR) is 90.5 cm³/mol. The lowest BCUT2D eigenvalue weighted by Crippen LogP contribution is -2.32. The third kappa shape index (κ3) is 4.23. The van der Waals surface area contributed by atoms with Gasteiger partial charge in [0.1, 0.15) is 12.6 Å². The Kier molecular flexibility index (Phi) is 5.11. The SMILES string of the molecule is CC(C)CCc1noc(CN2C(=O)N[C@H](Cc3ccccc3)C2=O)n1. The van der Waals surface area contributed by atoms with E-state index in [9.17, 15) is 9.59 Å². The van der Waals surface area contributed by atoms with Crippen LogP contribution in [-0.2, 0) is 24.2 Å². The highest BCUT2D eigenvalue weighted by atomic mass is 16.5. The second kappa shape index (κ2) is 7.46. The minimum absolute atomic E-state index is 0.00460. The summed E-state index contributed by atoms with van der Waals surface area (Å²) < 4.78 is 5.17. The summed E-state index contributed by atoms with van der Waals surface area (Å²) >= 11 is 0. The van der Waals surface area contributed by atoms with Crippen molar-refractivity contribution in [1.82, 2.24) is 20.4 Å². The van der Waals surface area contributed by atoms with E-state index in [4.69, 9.17) is 4.52 Å². The first kappa shape index (κ1) is 17.1. The van der Waals surface area contributed by atoms with Gasteiger partial charge in [0.25, 0.3) is 5.91 Å². The number of aryl methyl sites for hydroxylation is 1. The van der Waals surface area contributed by atoms with Gasteiger partial charge in [-0.3, -0.25) is 9.69 Å². The van der Waals surface area contributed by atoms with Crippen LogP contribution in [0.25, 0.3) is 0 Å². The van der Waals surface area contributed by atoms with E-state index < -0.39 is 12.1 Å². The van der Waals surface area contributed by atoms with Crippen molar-refractivity contribution in [2.24, 2.45) is 5.92 Å². The van der Waals surface area contributed by atoms with Crippen LogP contribution < -0.4 is 5.32 Å². The highest BCUT2D eigenvalue weighted by Gasteiger charge is 2.38. The van der Waals surface area contributed by atoms with Crippen molar-refractivity contribution in [3.63, 3.8) is 0 Å². The highest BCUT2D eigenvalue weighted by Crippen LogP contribution is 2.15. The Morgan fingerprint density at radius 1 is 1.24 bits per heavy atom. The molecule has 1 fully saturated rings. The molecule has 7 heteroatoms. The lowest BCUT2D eigenvalue weighted by molar-refractivity contribution is -0.128. The minimum Gasteiger partial charge on any atom is -0.337 e. The molecule has 1 aromatic heterocycles. The van der Waals surface area contributed by atoms with E-state index >= 15 is 0 Å². The molecule has 1 N–H and O–H groups in total. The molecule has 0 unspecified atom stereocenters. The van der Waals surface area contributed by atoms with Gasteiger partial charge in [-0.05, 0) is 17.9 Å². The summed E-state index contributed by atoms with van der Waals surface area (Å²) in [5.74, 6) is 1.17. The molecule has 7 nitrogen and oxygen atoms in total. The number of nitrogens with one attached hydrogen (secondary N) is 1. The number of amides is 3. The number of hydrogen-bond acceptors (Lipinski definition) is 5. The van der Waals surface area contributed by atoms with E-state index in [1.807, 2.05) is 30.3 Å². The van der Waals surface area contributed by atoms with Crippen LogP contribution in [0.4, 0.5) is 4.79 Å². The molecule has 0 saturated carbocycles. The summed E-state index contributed by atoms with van der Waals surface area (Å²) in [6.45, 7) is 4.26. The largest absolute Gasteiger partial charge is 0.337 e. The molecule has 1 aromatic carbocycles. The smallest absolute Gasteiger partial charge is 0.325 e. The number of hydrogen-bond donors (Lipinski definition) is 1. The van der Waals surface area contributed by atoms with Crippen molar-refractivity contribution in [2.45, 2.75) is 45.7 Å². The molecule has 0 aliphatic carbocycles. The fraction of sp³-hybridized carbons (Fsp3) is 0.444. The van der Waals surface area contributed by atoms with E-state index in [-0.39, 0.29) is 18.3 Å². The first-order valence-corrected chi connectivity index (χ1v) is 8.50. The molecule has 3 amide bonds. The molecule has 3 rings (SSSR count). The predicted octanol–water partition coefficient (Wildman–Crippen LogP) is 2.32. The van der Waals surface area contributed by atoms with Crippen LogP contribution in [0.2, 0.25) is 0 Å². The van der Waals surface area contributed by atoms with Gasteiger partial charge in [0.2, 0.25) is 5.89 Å². The second-order valence-electron chi connectivity index (χ2n) is 6.65. The summed E-state index contributed by atoms with van der Waals surface area (Å²) in [5.41, 5.74) is 0.997. The van der Waals surface area contributed by atoms with Crippen LogP contribution in [-0.4, -0.2) is 33.0 Å². The molecular weight excluding hydrogens is 320 g/mol. The summed E-state index contributed by atoms with van der Waals surface area (Å²) in [6, 6.07) is 8.61. The van der Waals surface area contributed by atoms with E-state index in [1.54, 1.807) is 0 Å². The third-order valence-electron chi connectivity index (χ3n) is 4.14. The first-order chi connectivity index (χ1) is 12.0. The molecule has 1 saturated heterocycles. The van der Waals surface area contributed by atoms with E-state index in [2.05, 4.69) is 29.3 Å². The molecule has 132 valence electrons. The molecule has 1 atom stereocenters. The standard InChI is InChI=1S/C18H22N4O3/c1-12(2)8-9-15-20-16(25-21-15)11-22-17(23)14(19-18(22)24)10-13-6-4-3-5-7-13/h3-7,12,14H,8-11H2,1-2H3,(H,19,24)/t14-/m1/s1. The van der Waals surface area contributed by atoms with Crippen molar-refractivity contribution >= 4 is 11.9 Å². The van der Waals surface area contributed by atoms with Crippen molar-refractivity contribution in [3.8, 4) is 0 Å². The summed E-state index contributed by atoms with van der Waals surface area (Å²) in [4.78, 5) is 30.0. The maximum absolute atomic E-state index is 12.5. The third-order valence-corrected chi connectivity index (χ3v) is 4.14. The van der Waals surface area contributed by atoms with E-state index in [1.165, 1.54) is 0 Å². The molecular formula is C18H22N4O3. The Labute approximate surface area is 146 Å². The highest BCUT2D eigenvalue weighted by molar-refractivity contribution is 6.04. The minimum atomic E-state index is -0.557. The average molecular weight is 342 g/mol. The Morgan fingerprint density at radius 2 is 2.00 bits per heavy atom. The van der Waals surface area contributed by atoms with Gasteiger partial charge < -0.3 is 9.84 Å². The number of urea groups is 1. The van der Waals surface area contributed by atoms with Gasteiger partial charge in [0.05, 0.1) is 0 Å². The molecule has 2 heterocycles. The molecule has 25 heavy (non-hydrogen) atoms. The Morgan fingerprint density at radius 3 is 2.72 bits per heavy atom. The maximum atomic E-state index is 12.5. The lowest BCUT2D eigenvalue weighted by atomic mass is 10.1. The monoisotopic (exact) mass is 342 g/mol. The topological polar surface area (TPSA) is 88.3 Å². The van der Waals surface area contributed by atoms with Gasteiger partial charge in [-0.25, -0.2) is 4.79 Å². The number of benzene rings is 1. The van der Waals surface area contributed by atoms with Gasteiger partial charge in [-0.15, -0.1) is 0 Å². The zero-order valence-electron chi connectivity index (χ0n) is 14.4. The van der Waals surface area contributed by atoms with Crippen molar-refractivity contribution in [2.75, 3.05) is 0 Å². The maximum Gasteiger partial charge on any atom is 0.325 e. The van der Waals surface area contributed by atoms with Crippen LogP contribution in [0.1, 0.15) is 37.5 Å². The van der Waals surface area contributed by atoms with Crippen molar-refractivity contribution in [1.29, 1.82) is 0 Å². The van der Waals surface area contributed by atoms with E-state index in [0.29, 0.717) is 18.2 Å². The van der Waals surface area contributed by atoms with Gasteiger partial charge >= 0.3 is 6.03 Å². The van der Waals surface area contributed by atoms with Gasteiger partial charge in [-0.1, -0.05) is 49.3 Å². The van der Waals surface area contributed by atoms with Crippen LogP contribution in [0.5, 0.6) is 0 Å². The van der Waals surface area contributed by atoms with Crippen LogP contribution in [0.15, 0.2) is 34.9 Å². The lowest BCUT2D eigenvalue weighted by Gasteiger charge is -2.10. The molecule has 1 aliphatic heterocycles. The van der Waals surface area contributed by atoms with Crippen LogP contribution in [0.3, 0.4) is 0 Å². The number of imide groups is 1. The molecule has 0 radical (unpaired) electrons. The van der Waals surface area contributed by atoms with Gasteiger partial charge in [-0.2, -0.15) is 4.98 Å². The first-order valence-electron chi connectivity index (χ1n) is 8.50. The summed E-state index contributed by atoms with van der Waals surface area (Å²) in [5, 5.41) is 6.63. The van der Waals surface area contributed by atoms with E-state index in [0.717, 1.165) is 23.3 Å². The molecule has 1 aliphatic rings. The molecule has 0 bridgehead atoms. The zero-order chi connectivity index (χ0) is 17.8. The Bertz CT molecular complexity index is 742. The fourth-order valence-electron chi connectivity index (χ4n) is 2.72. The summed E-state index contributed by atoms with van der Waals surface area (Å²) in [7, 11) is 0. The zero-order valence-corrected chi connectivity index (χ0v) is 14.4. The number of aromatic nitrogens is 2. The fourth-order valence-corrected chi connectivity index (χ4v) is 2.72. The van der Waals surface area contributed by atoms with Crippen molar-refractivity contribution in [3.05, 3.63) is 47.6 Å². The Balaban J connectivity index is 1.61. The molecule has 2 aromatic rings. The average Bonchev–Trinajstić information content (AvgIpc) is 3.14. The second-order valence-corrected chi connectivity index (χ2v) is 6.65. The Hall–Kier alpha value is -2.70. The van der Waals surface area contributed by atoms with Gasteiger partial charge in [0.15, 0.2) is 5.82 Å². The van der Waals surface area contributed by atoms with Crippen LogP contribution in [0, 0.1) is 5.92 Å². The van der Waals surface area contributed by atoms with Crippen LogP contribution >= 0.6 is 0 Å². The number of carbonyl (C=O) groups is 2. The number of carbonyl (C=O) groups excluding carboxylic acids is 2.